The highest BCUT2D eigenvalue weighted by Gasteiger charge is 2.38. The first kappa shape index (κ1) is 21.0. The van der Waals surface area contributed by atoms with Crippen molar-refractivity contribution in [2.24, 2.45) is 4.99 Å². The van der Waals surface area contributed by atoms with Crippen molar-refractivity contribution in [3.05, 3.63) is 71.6 Å². The van der Waals surface area contributed by atoms with E-state index in [9.17, 15) is 4.79 Å². The Kier molecular flexibility index (Phi) is 6.41. The molecule has 1 amide bonds. The molecule has 5 rings (SSSR count). The van der Waals surface area contributed by atoms with Crippen LogP contribution < -0.4 is 0 Å². The number of carbonyl (C=O) groups is 1. The summed E-state index contributed by atoms with van der Waals surface area (Å²) in [5.74, 6) is 0.636. The number of rotatable bonds is 5. The lowest BCUT2D eigenvalue weighted by molar-refractivity contribution is -0.124. The summed E-state index contributed by atoms with van der Waals surface area (Å²) in [7, 11) is 0. The Hall–Kier alpha value is -2.84. The zero-order chi connectivity index (χ0) is 21.8. The summed E-state index contributed by atoms with van der Waals surface area (Å²) >= 11 is 2.77. The Morgan fingerprint density at radius 2 is 1.81 bits per heavy atom. The van der Waals surface area contributed by atoms with E-state index in [4.69, 9.17) is 9.41 Å². The molecule has 32 heavy (non-hydrogen) atoms. The van der Waals surface area contributed by atoms with Crippen molar-refractivity contribution in [3.63, 3.8) is 0 Å². The van der Waals surface area contributed by atoms with Gasteiger partial charge in [0.15, 0.2) is 15.4 Å². The molecule has 2 aromatic heterocycles. The number of nitrogens with zero attached hydrogens (tertiary/aromatic N) is 4. The van der Waals surface area contributed by atoms with Crippen LogP contribution in [0.2, 0.25) is 0 Å². The topological polar surface area (TPSA) is 71.6 Å². The number of para-hydroxylation sites is 1. The third-order valence-corrected chi connectivity index (χ3v) is 7.16. The van der Waals surface area contributed by atoms with Crippen LogP contribution in [-0.4, -0.2) is 32.0 Å². The minimum absolute atomic E-state index is 0.00794. The van der Waals surface area contributed by atoms with Crippen molar-refractivity contribution < 1.29 is 9.21 Å². The molecule has 2 fully saturated rings. The molecule has 0 spiro atoms. The number of benzene rings is 1. The fourth-order valence-corrected chi connectivity index (χ4v) is 5.58. The normalized spacial score (nSPS) is 19.9. The predicted octanol–water partition coefficient (Wildman–Crippen LogP) is 6.16. The molecule has 0 radical (unpaired) electrons. The van der Waals surface area contributed by atoms with Crippen molar-refractivity contribution in [2.75, 3.05) is 0 Å². The minimum atomic E-state index is 0.00794. The van der Waals surface area contributed by atoms with Crippen LogP contribution in [0.25, 0.3) is 6.08 Å². The first-order chi connectivity index (χ1) is 15.8. The Labute approximate surface area is 195 Å². The third kappa shape index (κ3) is 4.81. The van der Waals surface area contributed by atoms with E-state index in [0.717, 1.165) is 36.5 Å². The highest BCUT2D eigenvalue weighted by Crippen LogP contribution is 2.39. The number of amidine groups is 1. The maximum atomic E-state index is 13.4. The molecule has 8 heteroatoms. The summed E-state index contributed by atoms with van der Waals surface area (Å²) in [6, 6.07) is 15.5. The van der Waals surface area contributed by atoms with Crippen LogP contribution in [0.3, 0.4) is 0 Å². The lowest BCUT2D eigenvalue weighted by Crippen LogP contribution is -2.40. The molecule has 3 aromatic rings. The molecule has 0 atom stereocenters. The van der Waals surface area contributed by atoms with E-state index in [1.165, 1.54) is 29.9 Å². The highest BCUT2D eigenvalue weighted by atomic mass is 32.2. The Morgan fingerprint density at radius 3 is 2.59 bits per heavy atom. The van der Waals surface area contributed by atoms with Gasteiger partial charge >= 0.3 is 0 Å². The molecule has 1 aliphatic heterocycles. The zero-order valence-electron chi connectivity index (χ0n) is 17.4. The summed E-state index contributed by atoms with van der Waals surface area (Å²) in [6.45, 7) is 0. The van der Waals surface area contributed by atoms with Gasteiger partial charge in [0.25, 0.3) is 5.91 Å². The Balaban J connectivity index is 1.41. The lowest BCUT2D eigenvalue weighted by Gasteiger charge is -2.30. The van der Waals surface area contributed by atoms with Crippen LogP contribution in [0.15, 0.2) is 85.5 Å². The number of hydrogen-bond donors (Lipinski definition) is 0. The summed E-state index contributed by atoms with van der Waals surface area (Å²) < 4.78 is 5.91. The smallest absolute Gasteiger partial charge is 0.267 e. The zero-order valence-corrected chi connectivity index (χ0v) is 19.0. The third-order valence-electron chi connectivity index (χ3n) is 5.37. The molecule has 1 aliphatic carbocycles. The summed E-state index contributed by atoms with van der Waals surface area (Å²) in [6.07, 6.45) is 10.8. The van der Waals surface area contributed by atoms with Crippen LogP contribution in [-0.2, 0) is 4.79 Å². The standard InChI is InChI=1S/C24H22N4O2S2/c29-22-20(16-19-12-13-21(30-19)32-23-25-14-7-15-26-23)31-24(27-17-8-3-1-4-9-17)28(22)18-10-5-2-6-11-18/h1,3-4,7-9,12-16,18H,2,5-6,10-11H2/b20-16+,27-24?. The van der Waals surface area contributed by atoms with Crippen LogP contribution >= 0.6 is 23.5 Å². The lowest BCUT2D eigenvalue weighted by atomic mass is 9.94. The first-order valence-electron chi connectivity index (χ1n) is 10.7. The Bertz CT molecular complexity index is 1140. The molecule has 1 aromatic carbocycles. The van der Waals surface area contributed by atoms with Crippen molar-refractivity contribution in [2.45, 2.75) is 48.4 Å². The van der Waals surface area contributed by atoms with Crippen LogP contribution in [0.1, 0.15) is 37.9 Å². The maximum absolute atomic E-state index is 13.4. The van der Waals surface area contributed by atoms with Gasteiger partial charge in [0.05, 0.1) is 10.6 Å². The van der Waals surface area contributed by atoms with Crippen molar-refractivity contribution >= 4 is 46.4 Å². The fraction of sp³-hybridized carbons (Fsp3) is 0.250. The Morgan fingerprint density at radius 1 is 1.03 bits per heavy atom. The number of furan rings is 1. The van der Waals surface area contributed by atoms with E-state index in [0.29, 0.717) is 20.9 Å². The van der Waals surface area contributed by atoms with Crippen molar-refractivity contribution in [1.29, 1.82) is 0 Å². The fourth-order valence-electron chi connectivity index (χ4n) is 3.86. The van der Waals surface area contributed by atoms with Gasteiger partial charge in [-0.15, -0.1) is 0 Å². The van der Waals surface area contributed by atoms with E-state index in [2.05, 4.69) is 9.97 Å². The van der Waals surface area contributed by atoms with Gasteiger partial charge in [0.1, 0.15) is 5.76 Å². The average Bonchev–Trinajstić information content (AvgIpc) is 3.39. The molecular weight excluding hydrogens is 440 g/mol. The number of hydrogen-bond acceptors (Lipinski definition) is 7. The molecule has 1 saturated carbocycles. The second kappa shape index (κ2) is 9.75. The minimum Gasteiger partial charge on any atom is -0.450 e. The number of amides is 1. The quantitative estimate of drug-likeness (QED) is 0.334. The summed E-state index contributed by atoms with van der Waals surface area (Å²) in [4.78, 5) is 29.2. The molecule has 0 N–H and O–H groups in total. The second-order valence-electron chi connectivity index (χ2n) is 7.60. The van der Waals surface area contributed by atoms with E-state index < -0.39 is 0 Å². The molecule has 3 heterocycles. The molecule has 1 saturated heterocycles. The van der Waals surface area contributed by atoms with E-state index in [1.54, 1.807) is 18.5 Å². The van der Waals surface area contributed by atoms with Crippen LogP contribution in [0, 0.1) is 0 Å². The SMILES string of the molecule is O=C1/C(=C\c2ccc(Sc3ncccn3)o2)SC(=Nc2ccccc2)N1C1CCCCC1. The van der Waals surface area contributed by atoms with Gasteiger partial charge in [-0.05, 0) is 66.7 Å². The second-order valence-corrected chi connectivity index (χ2v) is 9.58. The van der Waals surface area contributed by atoms with E-state index >= 15 is 0 Å². The van der Waals surface area contributed by atoms with Gasteiger partial charge in [-0.2, -0.15) is 0 Å². The van der Waals surface area contributed by atoms with E-state index in [1.807, 2.05) is 53.4 Å². The van der Waals surface area contributed by atoms with Crippen LogP contribution in [0.4, 0.5) is 5.69 Å². The summed E-state index contributed by atoms with van der Waals surface area (Å²) in [5, 5.41) is 2.05. The van der Waals surface area contributed by atoms with Gasteiger partial charge in [-0.1, -0.05) is 37.5 Å². The highest BCUT2D eigenvalue weighted by molar-refractivity contribution is 8.18. The summed E-state index contributed by atoms with van der Waals surface area (Å²) in [5.41, 5.74) is 0.851. The largest absolute Gasteiger partial charge is 0.450 e. The number of thioether (sulfide) groups is 1. The predicted molar refractivity (Wildman–Crippen MR) is 128 cm³/mol. The number of carbonyl (C=O) groups excluding carboxylic acids is 1. The molecule has 6 nitrogen and oxygen atoms in total. The van der Waals surface area contributed by atoms with E-state index in [-0.39, 0.29) is 11.9 Å². The molecule has 0 bridgehead atoms. The van der Waals surface area contributed by atoms with Gasteiger partial charge in [0, 0.05) is 24.5 Å². The van der Waals surface area contributed by atoms with Gasteiger partial charge in [0.2, 0.25) is 0 Å². The number of aliphatic imine (C=N–C) groups is 1. The maximum Gasteiger partial charge on any atom is 0.267 e. The molecule has 2 aliphatic rings. The molecular formula is C24H22N4O2S2. The molecule has 0 unspecified atom stereocenters. The first-order valence-corrected chi connectivity index (χ1v) is 12.3. The van der Waals surface area contributed by atoms with Crippen molar-refractivity contribution in [1.82, 2.24) is 14.9 Å². The average molecular weight is 463 g/mol. The van der Waals surface area contributed by atoms with Crippen LogP contribution in [0.5, 0.6) is 0 Å². The number of aromatic nitrogens is 2. The molecule has 162 valence electrons. The van der Waals surface area contributed by atoms with Gasteiger partial charge in [-0.3, -0.25) is 9.69 Å². The van der Waals surface area contributed by atoms with Gasteiger partial charge in [-0.25, -0.2) is 15.0 Å². The van der Waals surface area contributed by atoms with Gasteiger partial charge < -0.3 is 4.42 Å². The monoisotopic (exact) mass is 462 g/mol. The van der Waals surface area contributed by atoms with Crippen molar-refractivity contribution in [3.8, 4) is 0 Å².